The van der Waals surface area contributed by atoms with Gasteiger partial charge in [0.15, 0.2) is 5.78 Å². The summed E-state index contributed by atoms with van der Waals surface area (Å²) in [5.41, 5.74) is 0.496. The number of carbonyl (C=O) groups is 16. The summed E-state index contributed by atoms with van der Waals surface area (Å²) in [6, 6.07) is 48.0. The number of anilines is 3. The number of methoxy groups -OCH3 is 1. The molecule has 0 atom stereocenters. The van der Waals surface area contributed by atoms with Gasteiger partial charge in [-0.3, -0.25) is 67.6 Å². The Labute approximate surface area is 824 Å². The van der Waals surface area contributed by atoms with Gasteiger partial charge in [0, 0.05) is 78.6 Å². The van der Waals surface area contributed by atoms with E-state index in [2.05, 4.69) is 21.3 Å². The van der Waals surface area contributed by atoms with Crippen molar-refractivity contribution < 1.29 is 147 Å². The van der Waals surface area contributed by atoms with Crippen LogP contribution in [0.4, 0.5) is 32.3 Å². The summed E-state index contributed by atoms with van der Waals surface area (Å²) >= 11 is 17.3. The lowest BCUT2D eigenvalue weighted by molar-refractivity contribution is -0.384. The number of benzene rings is 9. The fourth-order valence-electron chi connectivity index (χ4n) is 12.5. The van der Waals surface area contributed by atoms with E-state index in [1.807, 2.05) is 42.5 Å². The summed E-state index contributed by atoms with van der Waals surface area (Å²) in [5, 5.41) is 118. The zero-order valence-electron chi connectivity index (χ0n) is 76.6. The van der Waals surface area contributed by atoms with E-state index < -0.39 is 112 Å². The summed E-state index contributed by atoms with van der Waals surface area (Å²) in [7, 11) is 1.55. The number of rotatable bonds is 48. The van der Waals surface area contributed by atoms with Crippen LogP contribution in [0.15, 0.2) is 200 Å². The fraction of sp³-hybridized carbons (Fsp3) is 0.306. The molecule has 0 spiro atoms. The van der Waals surface area contributed by atoms with Gasteiger partial charge < -0.3 is 97.2 Å². The Hall–Kier alpha value is -15.3. The molecule has 9 rings (SSSR count). The molecule has 0 aliphatic rings. The number of phenolic OH excluding ortho intramolecular Hbond substituents is 1. The van der Waals surface area contributed by atoms with E-state index >= 15 is 0 Å². The number of nitrogens with zero attached hydrogens (tertiary/aromatic N) is 3. The van der Waals surface area contributed by atoms with Crippen molar-refractivity contribution >= 4 is 163 Å². The molecule has 16 N–H and O–H groups in total. The normalized spacial score (nSPS) is 10.3. The number of nitro benzene ring substituents is 1. The van der Waals surface area contributed by atoms with Gasteiger partial charge in [0.2, 0.25) is 0 Å². The Morgan fingerprint density at radius 3 is 1.31 bits per heavy atom. The molecule has 754 valence electrons. The third kappa shape index (κ3) is 44.8. The molecule has 10 amide bonds. The van der Waals surface area contributed by atoms with Crippen molar-refractivity contribution in [3.63, 3.8) is 0 Å². The molecular formula is C98H110Cl3N9O31. The third-order valence-electron chi connectivity index (χ3n) is 19.5. The number of aromatic carboxylic acids is 2. The minimum atomic E-state index is -1.91. The maximum atomic E-state index is 13.3. The lowest BCUT2D eigenvalue weighted by Gasteiger charge is -2.26. The zero-order chi connectivity index (χ0) is 104. The number of ether oxygens (including phenoxy) is 3. The van der Waals surface area contributed by atoms with Gasteiger partial charge in [-0.2, -0.15) is 0 Å². The van der Waals surface area contributed by atoms with Gasteiger partial charge in [-0.15, -0.1) is 0 Å². The first-order valence-electron chi connectivity index (χ1n) is 43.9. The molecular weight excluding hydrogens is 1910 g/mol. The molecule has 9 aromatic carbocycles. The van der Waals surface area contributed by atoms with Crippen LogP contribution < -0.4 is 46.4 Å². The number of aliphatic hydroxyl groups excluding tert-OH is 2. The number of hydrogen-bond donors (Lipinski definition) is 16. The highest BCUT2D eigenvalue weighted by Gasteiger charge is 2.40. The topological polar surface area (TPSA) is 625 Å². The van der Waals surface area contributed by atoms with Crippen LogP contribution in [0.1, 0.15) is 187 Å². The second-order valence-corrected chi connectivity index (χ2v) is 31.1. The lowest BCUT2D eigenvalue weighted by atomic mass is 10.0. The summed E-state index contributed by atoms with van der Waals surface area (Å²) in [6.07, 6.45) is 13.6. The molecule has 0 saturated heterocycles. The molecule has 141 heavy (non-hydrogen) atoms. The van der Waals surface area contributed by atoms with Crippen LogP contribution in [0.3, 0.4) is 0 Å². The molecule has 40 nitrogen and oxygen atoms in total. The number of nitrogens with one attached hydrogen (secondary N) is 6. The number of aryl methyl sites for hydroxylation is 1. The fourth-order valence-corrected chi connectivity index (χ4v) is 13.1. The van der Waals surface area contributed by atoms with Crippen LogP contribution in [0.25, 0.3) is 10.8 Å². The van der Waals surface area contributed by atoms with Crippen LogP contribution in [0.2, 0.25) is 15.1 Å². The van der Waals surface area contributed by atoms with Gasteiger partial charge in [-0.1, -0.05) is 177 Å². The number of aliphatic carboxylic acids is 5. The number of aromatic hydroxyl groups is 1. The van der Waals surface area contributed by atoms with Crippen molar-refractivity contribution in [3.05, 3.63) is 270 Å². The van der Waals surface area contributed by atoms with Crippen LogP contribution in [-0.2, 0) is 49.5 Å². The number of imide groups is 2. The lowest BCUT2D eigenvalue weighted by Crippen LogP contribution is -2.55. The number of phenols is 1. The Kier molecular flexibility index (Phi) is 55.4. The maximum Gasteiger partial charge on any atom is 0.337 e. The predicted octanol–water partition coefficient (Wildman–Crippen LogP) is 14.3. The molecule has 9 aromatic rings. The highest BCUT2D eigenvalue weighted by molar-refractivity contribution is 6.52. The predicted molar refractivity (Wildman–Crippen MR) is 520 cm³/mol. The number of carboxylic acids is 7. The average molecular weight is 2020 g/mol. The number of carboxylic acid groups (broad SMARTS) is 7. The van der Waals surface area contributed by atoms with Crippen LogP contribution >= 0.6 is 34.8 Å². The van der Waals surface area contributed by atoms with Gasteiger partial charge in [-0.25, -0.2) is 29.0 Å². The number of amides is 10. The summed E-state index contributed by atoms with van der Waals surface area (Å²) in [4.78, 5) is 198. The number of carbonyl (C=O) groups excluding carboxylic acids is 9. The van der Waals surface area contributed by atoms with E-state index in [0.29, 0.717) is 108 Å². The molecule has 0 fully saturated rings. The number of urea groups is 2. The molecule has 0 heterocycles. The molecule has 0 bridgehead atoms. The first-order valence-corrected chi connectivity index (χ1v) is 45.0. The van der Waals surface area contributed by atoms with Gasteiger partial charge >= 0.3 is 65.7 Å². The number of para-hydroxylation sites is 3. The van der Waals surface area contributed by atoms with Crippen molar-refractivity contribution in [2.45, 2.75) is 116 Å². The number of Topliss-reactive ketones (excluding diaryl/α,β-unsaturated/α-hetero) is 1. The summed E-state index contributed by atoms with van der Waals surface area (Å²) < 4.78 is 15.2. The van der Waals surface area contributed by atoms with Gasteiger partial charge in [0.1, 0.15) is 29.6 Å². The number of ketones is 1. The highest BCUT2D eigenvalue weighted by atomic mass is 35.5. The van der Waals surface area contributed by atoms with E-state index in [4.69, 9.17) is 84.8 Å². The second-order valence-electron chi connectivity index (χ2n) is 29.9. The standard InChI is InChI=1S/C22H18N4O12.C22H29NO4.C17H15ClN2O5.C15H20O4.2C11H14ClNO3/c27-15(28)9-23-21(37)25(13-7-3-1-5-11(13)19(33)34)17(31)18(32)26(22(38)24-10-16(29)30)14-8-4-2-6-12(14)20(35)36;24-20(25)13-7-5-3-1-2-4-6-10-16-23-22(27)19-15-14-17-11-8-9-12-18(17)21(19)26;18-14-9-6-12(10-15(14)20(24)25)17(23)19-13-7-4-11(5-8-13)2-1-3-16(21)22;1-19-14-10-7-6-8-12(14)13(16)9-4-2-3-5-11-15(17)18;12-10-3-1-9(2-4-10)11(15)13-5-7-16-8-6-14;12-10-4-2-1-3-9(10)11(15)13-5-7-16-8-6-14/h1-8H,9-10H2,(H,23,37)(H,24,38)(H,27,28)(H,29,30)(H,33,34)(H,35,36);8-9,11-12,14-15,26H,1-7,10,13,16H2,(H,23,27)(H,24,25);4-10H,1-3H2,(H,19,23)(H,21,22);6-8,10H,2-5,9,11H2,1H3,(H,17,18);2*1-4,14H,5-8H2,(H,13,15). The number of halogens is 3. The Morgan fingerprint density at radius 2 is 0.823 bits per heavy atom. The van der Waals surface area contributed by atoms with Crippen LogP contribution in [0, 0.1) is 10.1 Å². The van der Waals surface area contributed by atoms with Gasteiger partial charge in [0.05, 0.1) is 95.9 Å². The van der Waals surface area contributed by atoms with E-state index in [1.54, 1.807) is 109 Å². The van der Waals surface area contributed by atoms with E-state index in [-0.39, 0.29) is 101 Å². The number of fused-ring (bicyclic) bond motifs is 1. The number of aliphatic hydroxyl groups is 2. The second kappa shape index (κ2) is 66.2. The highest BCUT2D eigenvalue weighted by Crippen LogP contribution is 2.31. The van der Waals surface area contributed by atoms with Crippen molar-refractivity contribution in [2.75, 3.05) is 94.6 Å². The third-order valence-corrected chi connectivity index (χ3v) is 20.4. The Balaban J connectivity index is 0.000000363. The summed E-state index contributed by atoms with van der Waals surface area (Å²) in [6.45, 7) is 0.599. The zero-order valence-corrected chi connectivity index (χ0v) is 78.8. The molecule has 0 aliphatic carbocycles. The maximum absolute atomic E-state index is 13.3. The molecule has 0 aromatic heterocycles. The van der Waals surface area contributed by atoms with Crippen molar-refractivity contribution in [1.82, 2.24) is 26.6 Å². The first-order chi connectivity index (χ1) is 67.5. The average Bonchev–Trinajstić information content (AvgIpc) is 0.792. The Morgan fingerprint density at radius 1 is 0.390 bits per heavy atom. The molecule has 0 saturated carbocycles. The van der Waals surface area contributed by atoms with Crippen LogP contribution in [0.5, 0.6) is 11.5 Å². The van der Waals surface area contributed by atoms with E-state index in [1.165, 1.54) is 36.4 Å². The van der Waals surface area contributed by atoms with Crippen molar-refractivity contribution in [3.8, 4) is 11.5 Å². The SMILES string of the molecule is COc1ccccc1C(=O)CCCCCCC(=O)O.O=C(NCCOCCO)c1ccc(Cl)cc1.O=C(NCCOCCO)c1ccccc1Cl.O=C(O)CCCCCCCCCCNC(=O)c1ccc2ccccc2c1O.O=C(O)CCCc1ccc(NC(=O)c2ccc(Cl)c([N+](=O)[O-])c2)cc1.O=C(O)CNC(=O)N(C(=O)C(=O)N(C(=O)NCC(=O)O)c1ccccc1C(=O)O)c1ccccc1C(=O)O. The summed E-state index contributed by atoms with van der Waals surface area (Å²) in [5.74, 6) is -12.9. The molecule has 0 unspecified atom stereocenters. The van der Waals surface area contributed by atoms with Gasteiger partial charge in [-0.05, 0) is 153 Å². The Bertz CT molecular complexity index is 5590. The number of hydrogen-bond acceptors (Lipinski definition) is 24. The minimum absolute atomic E-state index is 0.00880. The smallest absolute Gasteiger partial charge is 0.337 e. The van der Waals surface area contributed by atoms with E-state index in [0.717, 1.165) is 112 Å². The molecule has 43 heteroatoms. The monoisotopic (exact) mass is 2010 g/mol. The first kappa shape index (κ1) is 118. The number of nitro groups is 1. The molecule has 0 aliphatic heterocycles. The minimum Gasteiger partial charge on any atom is -0.506 e. The van der Waals surface area contributed by atoms with Gasteiger partial charge in [0.25, 0.3) is 29.3 Å². The largest absolute Gasteiger partial charge is 0.506 e. The number of unbranched alkanes of at least 4 members (excludes halogenated alkanes) is 10. The molecule has 0 radical (unpaired) electrons. The quantitative estimate of drug-likeness (QED) is 0.00554. The van der Waals surface area contributed by atoms with Crippen LogP contribution in [-0.4, -0.2) is 231 Å². The van der Waals surface area contributed by atoms with Crippen molar-refractivity contribution in [2.24, 2.45) is 0 Å². The van der Waals surface area contributed by atoms with Crippen molar-refractivity contribution in [1.29, 1.82) is 0 Å². The van der Waals surface area contributed by atoms with E-state index in [9.17, 15) is 102 Å².